The van der Waals surface area contributed by atoms with E-state index in [0.29, 0.717) is 17.1 Å². The Hall–Kier alpha value is -2.65. The molecule has 1 aliphatic rings. The summed E-state index contributed by atoms with van der Waals surface area (Å²) in [6, 6.07) is 11.2. The summed E-state index contributed by atoms with van der Waals surface area (Å²) < 4.78 is 6.38. The number of ether oxygens (including phenoxy) is 1. The van der Waals surface area contributed by atoms with Crippen molar-refractivity contribution in [1.29, 1.82) is 0 Å². The third-order valence-electron chi connectivity index (χ3n) is 4.08. The van der Waals surface area contributed by atoms with Gasteiger partial charge < -0.3 is 4.74 Å². The Morgan fingerprint density at radius 3 is 2.55 bits per heavy atom. The monoisotopic (exact) mass is 476 g/mol. The van der Waals surface area contributed by atoms with Gasteiger partial charge in [-0.3, -0.25) is 24.6 Å². The van der Waals surface area contributed by atoms with E-state index in [0.717, 1.165) is 38.9 Å². The lowest BCUT2D eigenvalue weighted by Gasteiger charge is -2.12. The number of carbonyl (C=O) groups is 2. The Morgan fingerprint density at radius 2 is 1.93 bits per heavy atom. The first-order valence-electron chi connectivity index (χ1n) is 8.80. The minimum atomic E-state index is -0.497. The van der Waals surface area contributed by atoms with E-state index in [1.54, 1.807) is 6.08 Å². The average Bonchev–Trinajstić information content (AvgIpc) is 2.95. The molecule has 0 aromatic heterocycles. The Morgan fingerprint density at radius 1 is 1.21 bits per heavy atom. The molecule has 1 aliphatic heterocycles. The Balaban J connectivity index is 1.74. The minimum Gasteiger partial charge on any atom is -0.492 e. The molecule has 0 atom stereocenters. The van der Waals surface area contributed by atoms with Crippen molar-refractivity contribution in [3.8, 4) is 5.75 Å². The molecule has 2 aromatic rings. The third kappa shape index (κ3) is 5.04. The molecule has 1 saturated heterocycles. The maximum atomic E-state index is 12.7. The number of hydrogen-bond donors (Lipinski definition) is 0. The lowest BCUT2D eigenvalue weighted by molar-refractivity contribution is -0.384. The fourth-order valence-corrected chi connectivity index (χ4v) is 3.98. The van der Waals surface area contributed by atoms with E-state index in [1.807, 2.05) is 25.1 Å². The van der Waals surface area contributed by atoms with Crippen molar-refractivity contribution in [1.82, 2.24) is 4.90 Å². The highest BCUT2D eigenvalue weighted by molar-refractivity contribution is 9.10. The first-order valence-corrected chi connectivity index (χ1v) is 10.4. The second-order valence-electron chi connectivity index (χ2n) is 6.23. The minimum absolute atomic E-state index is 0.0419. The normalized spacial score (nSPS) is 15.2. The Bertz CT molecular complexity index is 991. The Kier molecular flexibility index (Phi) is 6.71. The highest BCUT2D eigenvalue weighted by atomic mass is 79.9. The molecular weight excluding hydrogens is 460 g/mol. The number of carbonyl (C=O) groups excluding carboxylic acids is 2. The maximum absolute atomic E-state index is 12.7. The van der Waals surface area contributed by atoms with Crippen LogP contribution in [-0.4, -0.2) is 27.6 Å². The molecule has 29 heavy (non-hydrogen) atoms. The van der Waals surface area contributed by atoms with Gasteiger partial charge in [0.05, 0.1) is 27.5 Å². The number of amides is 2. The van der Waals surface area contributed by atoms with Crippen LogP contribution in [0.1, 0.15) is 24.5 Å². The summed E-state index contributed by atoms with van der Waals surface area (Å²) in [6.45, 7) is 2.70. The largest absolute Gasteiger partial charge is 0.492 e. The van der Waals surface area contributed by atoms with Crippen LogP contribution in [0.15, 0.2) is 51.8 Å². The number of nitrogens with zero attached hydrogens (tertiary/aromatic N) is 2. The van der Waals surface area contributed by atoms with Gasteiger partial charge in [0.25, 0.3) is 16.8 Å². The van der Waals surface area contributed by atoms with Crippen LogP contribution in [0.25, 0.3) is 6.08 Å². The van der Waals surface area contributed by atoms with Crippen LogP contribution in [-0.2, 0) is 11.3 Å². The summed E-state index contributed by atoms with van der Waals surface area (Å²) in [6.07, 6.45) is 2.56. The number of benzene rings is 2. The van der Waals surface area contributed by atoms with Crippen LogP contribution in [0.4, 0.5) is 10.5 Å². The number of halogens is 1. The zero-order chi connectivity index (χ0) is 21.0. The van der Waals surface area contributed by atoms with Crippen molar-refractivity contribution in [2.75, 3.05) is 6.61 Å². The molecule has 0 spiro atoms. The quantitative estimate of drug-likeness (QED) is 0.302. The highest BCUT2D eigenvalue weighted by Crippen LogP contribution is 2.34. The predicted molar refractivity (Wildman–Crippen MR) is 115 cm³/mol. The zero-order valence-electron chi connectivity index (χ0n) is 15.5. The molecule has 0 aliphatic carbocycles. The average molecular weight is 477 g/mol. The molecule has 0 saturated carbocycles. The number of thioether (sulfide) groups is 1. The molecule has 2 aromatic carbocycles. The van der Waals surface area contributed by atoms with Crippen LogP contribution < -0.4 is 4.74 Å². The van der Waals surface area contributed by atoms with E-state index in [2.05, 4.69) is 15.9 Å². The van der Waals surface area contributed by atoms with Crippen molar-refractivity contribution < 1.29 is 19.2 Å². The molecule has 7 nitrogen and oxygen atoms in total. The number of nitro benzene ring substituents is 1. The summed E-state index contributed by atoms with van der Waals surface area (Å²) in [4.78, 5) is 36.7. The van der Waals surface area contributed by atoms with Gasteiger partial charge >= 0.3 is 0 Å². The highest BCUT2D eigenvalue weighted by Gasteiger charge is 2.35. The number of imide groups is 1. The lowest BCUT2D eigenvalue weighted by Crippen LogP contribution is -2.27. The molecule has 2 amide bonds. The molecule has 1 fully saturated rings. The molecular formula is C20H17BrN2O5S. The second kappa shape index (κ2) is 9.23. The SMILES string of the molecule is CCCOc1ccc(/C=C2\SC(=O)N(Cc3ccc([N+](=O)[O-])cc3)C2=O)cc1Br. The van der Waals surface area contributed by atoms with Gasteiger partial charge in [-0.05, 0) is 63.4 Å². The number of rotatable bonds is 7. The standard InChI is InChI=1S/C20H17BrN2O5S/c1-2-9-28-17-8-5-14(10-16(17)21)11-18-19(24)22(20(25)29-18)12-13-3-6-15(7-4-13)23(26)27/h3-8,10-11H,2,9,12H2,1H3/b18-11-. The Labute approximate surface area is 180 Å². The summed E-state index contributed by atoms with van der Waals surface area (Å²) >= 11 is 4.33. The van der Waals surface area contributed by atoms with Crippen LogP contribution in [0.5, 0.6) is 5.75 Å². The summed E-state index contributed by atoms with van der Waals surface area (Å²) in [5, 5.41) is 10.4. The first-order chi connectivity index (χ1) is 13.9. The van der Waals surface area contributed by atoms with Crippen molar-refractivity contribution in [2.24, 2.45) is 0 Å². The first kappa shape index (κ1) is 21.1. The van der Waals surface area contributed by atoms with Gasteiger partial charge in [-0.25, -0.2) is 0 Å². The fourth-order valence-electron chi connectivity index (χ4n) is 2.63. The van der Waals surface area contributed by atoms with E-state index < -0.39 is 4.92 Å². The van der Waals surface area contributed by atoms with Crippen molar-refractivity contribution >= 4 is 50.6 Å². The van der Waals surface area contributed by atoms with Crippen LogP contribution in [0.2, 0.25) is 0 Å². The molecule has 0 unspecified atom stereocenters. The van der Waals surface area contributed by atoms with Crippen molar-refractivity contribution in [2.45, 2.75) is 19.9 Å². The molecule has 150 valence electrons. The topological polar surface area (TPSA) is 89.8 Å². The van der Waals surface area contributed by atoms with E-state index in [1.165, 1.54) is 24.3 Å². The van der Waals surface area contributed by atoms with Crippen LogP contribution >= 0.6 is 27.7 Å². The molecule has 0 radical (unpaired) electrons. The second-order valence-corrected chi connectivity index (χ2v) is 8.08. The molecule has 0 bridgehead atoms. The van der Waals surface area contributed by atoms with Crippen LogP contribution in [0, 0.1) is 10.1 Å². The smallest absolute Gasteiger partial charge is 0.293 e. The van der Waals surface area contributed by atoms with Gasteiger partial charge in [-0.2, -0.15) is 0 Å². The maximum Gasteiger partial charge on any atom is 0.293 e. The van der Waals surface area contributed by atoms with Crippen molar-refractivity contribution in [3.05, 3.63) is 73.1 Å². The summed E-state index contributed by atoms with van der Waals surface area (Å²) in [7, 11) is 0. The number of nitro groups is 1. The van der Waals surface area contributed by atoms with Gasteiger partial charge in [0, 0.05) is 12.1 Å². The van der Waals surface area contributed by atoms with Gasteiger partial charge in [-0.1, -0.05) is 25.1 Å². The molecule has 1 heterocycles. The number of hydrogen-bond acceptors (Lipinski definition) is 6. The van der Waals surface area contributed by atoms with Crippen molar-refractivity contribution in [3.63, 3.8) is 0 Å². The van der Waals surface area contributed by atoms with E-state index in [9.17, 15) is 19.7 Å². The van der Waals surface area contributed by atoms with Gasteiger partial charge in [-0.15, -0.1) is 0 Å². The van der Waals surface area contributed by atoms with E-state index in [-0.39, 0.29) is 23.4 Å². The van der Waals surface area contributed by atoms with Crippen LogP contribution in [0.3, 0.4) is 0 Å². The number of non-ortho nitro benzene ring substituents is 1. The van der Waals surface area contributed by atoms with Gasteiger partial charge in [0.1, 0.15) is 5.75 Å². The van der Waals surface area contributed by atoms with Gasteiger partial charge in [0.2, 0.25) is 0 Å². The zero-order valence-corrected chi connectivity index (χ0v) is 17.9. The summed E-state index contributed by atoms with van der Waals surface area (Å²) in [5.74, 6) is 0.330. The van der Waals surface area contributed by atoms with E-state index >= 15 is 0 Å². The molecule has 3 rings (SSSR count). The van der Waals surface area contributed by atoms with E-state index in [4.69, 9.17) is 4.74 Å². The molecule has 9 heteroatoms. The summed E-state index contributed by atoms with van der Waals surface area (Å²) in [5.41, 5.74) is 1.36. The predicted octanol–water partition coefficient (Wildman–Crippen LogP) is 5.38. The van der Waals surface area contributed by atoms with Gasteiger partial charge in [0.15, 0.2) is 0 Å². The lowest BCUT2D eigenvalue weighted by atomic mass is 10.2. The third-order valence-corrected chi connectivity index (χ3v) is 5.60. The molecule has 0 N–H and O–H groups in total. The fraction of sp³-hybridized carbons (Fsp3) is 0.200.